The number of ether oxygens (including phenoxy) is 1. The van der Waals surface area contributed by atoms with Crippen molar-refractivity contribution in [1.29, 1.82) is 0 Å². The lowest BCUT2D eigenvalue weighted by Gasteiger charge is -2.22. The number of benzene rings is 2. The van der Waals surface area contributed by atoms with Crippen LogP contribution in [0, 0.1) is 6.92 Å². The van der Waals surface area contributed by atoms with E-state index in [1.54, 1.807) is 31.2 Å². The topological polar surface area (TPSA) is 53.6 Å². The smallest absolute Gasteiger partial charge is 0.322 e. The molecular formula is C20H26ClN3O2. The average Bonchev–Trinajstić information content (AvgIpc) is 2.60. The van der Waals surface area contributed by atoms with Crippen molar-refractivity contribution in [3.8, 4) is 5.75 Å². The molecule has 0 bridgehead atoms. The molecule has 2 amide bonds. The molecule has 0 saturated carbocycles. The molecule has 0 fully saturated rings. The predicted octanol–water partition coefficient (Wildman–Crippen LogP) is 5.04. The number of hydrogen-bond donors (Lipinski definition) is 2. The zero-order valence-corrected chi connectivity index (χ0v) is 16.4. The summed E-state index contributed by atoms with van der Waals surface area (Å²) in [5, 5.41) is 6.27. The second-order valence-corrected chi connectivity index (χ2v) is 6.42. The zero-order valence-electron chi connectivity index (χ0n) is 15.7. The van der Waals surface area contributed by atoms with Gasteiger partial charge in [-0.05, 0) is 75.7 Å². The number of carbonyl (C=O) groups excluding carboxylic acids is 1. The Bertz CT molecular complexity index is 730. The van der Waals surface area contributed by atoms with E-state index in [2.05, 4.69) is 35.4 Å². The standard InChI is InChI=1S/C20H26ClN3O2/c1-5-24(6-2)17-9-12-19(14(3)13-17)23-20(25)22-15(4)26-18-10-7-16(21)8-11-18/h7-13,15H,5-6H2,1-4H3,(H2,22,23,25). The quantitative estimate of drug-likeness (QED) is 0.666. The van der Waals surface area contributed by atoms with E-state index in [-0.39, 0.29) is 6.03 Å². The molecular weight excluding hydrogens is 350 g/mol. The van der Waals surface area contributed by atoms with Crippen LogP contribution in [0.25, 0.3) is 0 Å². The van der Waals surface area contributed by atoms with Crippen molar-refractivity contribution in [2.24, 2.45) is 0 Å². The van der Waals surface area contributed by atoms with Crippen molar-refractivity contribution < 1.29 is 9.53 Å². The molecule has 0 aromatic heterocycles. The molecule has 1 atom stereocenters. The highest BCUT2D eigenvalue weighted by Gasteiger charge is 2.11. The first-order chi connectivity index (χ1) is 12.4. The fraction of sp³-hybridized carbons (Fsp3) is 0.350. The van der Waals surface area contributed by atoms with Crippen LogP contribution in [-0.2, 0) is 0 Å². The van der Waals surface area contributed by atoms with E-state index in [9.17, 15) is 4.79 Å². The van der Waals surface area contributed by atoms with Crippen LogP contribution < -0.4 is 20.3 Å². The predicted molar refractivity (Wildman–Crippen MR) is 108 cm³/mol. The molecule has 0 spiro atoms. The number of amides is 2. The van der Waals surface area contributed by atoms with Gasteiger partial charge in [-0.2, -0.15) is 0 Å². The molecule has 2 N–H and O–H groups in total. The molecule has 2 rings (SSSR count). The summed E-state index contributed by atoms with van der Waals surface area (Å²) < 4.78 is 5.65. The normalized spacial score (nSPS) is 11.6. The molecule has 5 nitrogen and oxygen atoms in total. The van der Waals surface area contributed by atoms with Gasteiger partial charge in [0, 0.05) is 29.5 Å². The maximum Gasteiger partial charge on any atom is 0.322 e. The highest BCUT2D eigenvalue weighted by molar-refractivity contribution is 6.30. The van der Waals surface area contributed by atoms with Crippen LogP contribution in [0.5, 0.6) is 5.75 Å². The first-order valence-electron chi connectivity index (χ1n) is 8.78. The van der Waals surface area contributed by atoms with Crippen molar-refractivity contribution in [2.45, 2.75) is 33.9 Å². The Kier molecular flexibility index (Phi) is 7.16. The minimum atomic E-state index is -0.480. The Morgan fingerprint density at radius 3 is 2.38 bits per heavy atom. The third-order valence-electron chi connectivity index (χ3n) is 4.05. The second-order valence-electron chi connectivity index (χ2n) is 5.98. The van der Waals surface area contributed by atoms with Crippen molar-refractivity contribution >= 4 is 29.0 Å². The maximum absolute atomic E-state index is 12.2. The summed E-state index contributed by atoms with van der Waals surface area (Å²) in [7, 11) is 0. The van der Waals surface area contributed by atoms with E-state index < -0.39 is 6.23 Å². The van der Waals surface area contributed by atoms with Gasteiger partial charge in [-0.15, -0.1) is 0 Å². The van der Waals surface area contributed by atoms with Crippen LogP contribution in [0.1, 0.15) is 26.3 Å². The lowest BCUT2D eigenvalue weighted by molar-refractivity contribution is 0.183. The summed E-state index contributed by atoms with van der Waals surface area (Å²) in [6.07, 6.45) is -0.480. The van der Waals surface area contributed by atoms with E-state index in [0.717, 1.165) is 30.0 Å². The molecule has 140 valence electrons. The molecule has 0 aliphatic heterocycles. The van der Waals surface area contributed by atoms with Crippen LogP contribution in [0.3, 0.4) is 0 Å². The van der Waals surface area contributed by atoms with Crippen molar-refractivity contribution in [1.82, 2.24) is 5.32 Å². The molecule has 0 aliphatic carbocycles. The fourth-order valence-electron chi connectivity index (χ4n) is 2.66. The largest absolute Gasteiger partial charge is 0.471 e. The van der Waals surface area contributed by atoms with Crippen LogP contribution >= 0.6 is 11.6 Å². The molecule has 0 radical (unpaired) electrons. The molecule has 2 aromatic rings. The number of urea groups is 1. The Morgan fingerprint density at radius 2 is 1.81 bits per heavy atom. The van der Waals surface area contributed by atoms with Crippen LogP contribution in [0.2, 0.25) is 5.02 Å². The molecule has 26 heavy (non-hydrogen) atoms. The summed E-state index contributed by atoms with van der Waals surface area (Å²) in [4.78, 5) is 14.5. The molecule has 0 aliphatic rings. The lowest BCUT2D eigenvalue weighted by Crippen LogP contribution is -2.39. The summed E-state index contributed by atoms with van der Waals surface area (Å²) >= 11 is 5.85. The number of anilines is 2. The summed E-state index contributed by atoms with van der Waals surface area (Å²) in [5.41, 5.74) is 2.94. The highest BCUT2D eigenvalue weighted by atomic mass is 35.5. The molecule has 0 heterocycles. The third-order valence-corrected chi connectivity index (χ3v) is 4.30. The van der Waals surface area contributed by atoms with Gasteiger partial charge < -0.3 is 20.3 Å². The van der Waals surface area contributed by atoms with E-state index >= 15 is 0 Å². The third kappa shape index (κ3) is 5.56. The Balaban J connectivity index is 1.93. The van der Waals surface area contributed by atoms with Gasteiger partial charge in [0.05, 0.1) is 0 Å². The SMILES string of the molecule is CCN(CC)c1ccc(NC(=O)NC(C)Oc2ccc(Cl)cc2)c(C)c1. The van der Waals surface area contributed by atoms with E-state index in [0.29, 0.717) is 10.8 Å². The number of hydrogen-bond acceptors (Lipinski definition) is 3. The van der Waals surface area contributed by atoms with Gasteiger partial charge in [0.1, 0.15) is 5.75 Å². The van der Waals surface area contributed by atoms with Gasteiger partial charge in [-0.1, -0.05) is 11.6 Å². The van der Waals surface area contributed by atoms with Gasteiger partial charge in [0.25, 0.3) is 0 Å². The van der Waals surface area contributed by atoms with E-state index in [4.69, 9.17) is 16.3 Å². The van der Waals surface area contributed by atoms with E-state index in [1.165, 1.54) is 0 Å². The van der Waals surface area contributed by atoms with Gasteiger partial charge in [0.2, 0.25) is 0 Å². The minimum Gasteiger partial charge on any atom is -0.471 e. The van der Waals surface area contributed by atoms with Gasteiger partial charge in [0.15, 0.2) is 6.23 Å². The molecule has 1 unspecified atom stereocenters. The first kappa shape index (κ1) is 19.9. The van der Waals surface area contributed by atoms with Crippen LogP contribution in [0.15, 0.2) is 42.5 Å². The fourth-order valence-corrected chi connectivity index (χ4v) is 2.79. The number of carbonyl (C=O) groups is 1. The Labute approximate surface area is 160 Å². The number of nitrogens with zero attached hydrogens (tertiary/aromatic N) is 1. The zero-order chi connectivity index (χ0) is 19.1. The summed E-state index contributed by atoms with van der Waals surface area (Å²) in [6.45, 7) is 9.90. The van der Waals surface area contributed by atoms with Crippen molar-refractivity contribution in [3.05, 3.63) is 53.1 Å². The summed E-state index contributed by atoms with van der Waals surface area (Å²) in [6, 6.07) is 12.7. The van der Waals surface area contributed by atoms with Crippen molar-refractivity contribution in [3.63, 3.8) is 0 Å². The number of rotatable bonds is 7. The Hall–Kier alpha value is -2.40. The Morgan fingerprint density at radius 1 is 1.15 bits per heavy atom. The monoisotopic (exact) mass is 375 g/mol. The molecule has 0 saturated heterocycles. The first-order valence-corrected chi connectivity index (χ1v) is 9.16. The molecule has 2 aromatic carbocycles. The van der Waals surface area contributed by atoms with Gasteiger partial charge in [-0.3, -0.25) is 0 Å². The second kappa shape index (κ2) is 9.34. The maximum atomic E-state index is 12.2. The number of aryl methyl sites for hydroxylation is 1. The van der Waals surface area contributed by atoms with Crippen LogP contribution in [0.4, 0.5) is 16.2 Å². The number of halogens is 1. The molecule has 6 heteroatoms. The lowest BCUT2D eigenvalue weighted by atomic mass is 10.1. The minimum absolute atomic E-state index is 0.315. The number of nitrogens with one attached hydrogen (secondary N) is 2. The van der Waals surface area contributed by atoms with Crippen LogP contribution in [-0.4, -0.2) is 25.3 Å². The average molecular weight is 376 g/mol. The summed E-state index contributed by atoms with van der Waals surface area (Å²) in [5.74, 6) is 0.641. The van der Waals surface area contributed by atoms with Gasteiger partial charge >= 0.3 is 6.03 Å². The van der Waals surface area contributed by atoms with Crippen molar-refractivity contribution in [2.75, 3.05) is 23.3 Å². The van der Waals surface area contributed by atoms with Gasteiger partial charge in [-0.25, -0.2) is 4.79 Å². The van der Waals surface area contributed by atoms with E-state index in [1.807, 2.05) is 19.1 Å². The highest BCUT2D eigenvalue weighted by Crippen LogP contribution is 2.22.